The van der Waals surface area contributed by atoms with Crippen molar-refractivity contribution in [2.75, 3.05) is 0 Å². The van der Waals surface area contributed by atoms with Crippen LogP contribution in [-0.2, 0) is 12.8 Å². The van der Waals surface area contributed by atoms with Crippen molar-refractivity contribution in [3.05, 3.63) is 45.8 Å². The molecule has 0 saturated heterocycles. The van der Waals surface area contributed by atoms with Crippen LogP contribution in [0.25, 0.3) is 11.0 Å². The van der Waals surface area contributed by atoms with E-state index in [0.29, 0.717) is 11.0 Å². The molecule has 0 N–H and O–H groups in total. The minimum Gasteiger partial charge on any atom is -0.461 e. The number of rotatable bonds is 0. The summed E-state index contributed by atoms with van der Waals surface area (Å²) in [6, 6.07) is 7.41. The second-order valence-electron chi connectivity index (χ2n) is 3.33. The Kier molecular flexibility index (Phi) is 1.18. The van der Waals surface area contributed by atoms with E-state index in [1.165, 1.54) is 0 Å². The molecule has 64 valence electrons. The van der Waals surface area contributed by atoms with Crippen LogP contribution in [0, 0.1) is 0 Å². The molecule has 0 bridgehead atoms. The van der Waals surface area contributed by atoms with E-state index in [2.05, 4.69) is 0 Å². The zero-order valence-electron chi connectivity index (χ0n) is 7.04. The van der Waals surface area contributed by atoms with Crippen molar-refractivity contribution < 1.29 is 4.42 Å². The van der Waals surface area contributed by atoms with Crippen LogP contribution in [0.15, 0.2) is 33.5 Å². The highest BCUT2D eigenvalue weighted by atomic mass is 16.3. The van der Waals surface area contributed by atoms with Crippen molar-refractivity contribution in [3.8, 4) is 0 Å². The first-order valence-corrected chi connectivity index (χ1v) is 4.40. The normalized spacial score (nSPS) is 13.8. The lowest BCUT2D eigenvalue weighted by molar-refractivity contribution is 0.488. The summed E-state index contributed by atoms with van der Waals surface area (Å²) in [4.78, 5) is 11.7. The van der Waals surface area contributed by atoms with Crippen molar-refractivity contribution in [2.24, 2.45) is 0 Å². The van der Waals surface area contributed by atoms with Gasteiger partial charge in [0.2, 0.25) is 0 Å². The zero-order valence-corrected chi connectivity index (χ0v) is 7.04. The summed E-state index contributed by atoms with van der Waals surface area (Å²) in [5.41, 5.74) is 1.74. The summed E-state index contributed by atoms with van der Waals surface area (Å²) >= 11 is 0. The molecule has 13 heavy (non-hydrogen) atoms. The molecular formula is C11H8O2. The Morgan fingerprint density at radius 2 is 2.00 bits per heavy atom. The fraction of sp³-hybridized carbons (Fsp3) is 0.182. The van der Waals surface area contributed by atoms with Crippen LogP contribution in [0.4, 0.5) is 0 Å². The number of aryl methyl sites for hydroxylation is 1. The molecule has 2 nitrogen and oxygen atoms in total. The highest BCUT2D eigenvalue weighted by molar-refractivity contribution is 5.77. The highest BCUT2D eigenvalue weighted by Gasteiger charge is 2.21. The molecule has 2 aromatic rings. The summed E-state index contributed by atoms with van der Waals surface area (Å²) < 4.78 is 5.56. The Balaban J connectivity index is 2.56. The summed E-state index contributed by atoms with van der Waals surface area (Å²) in [5.74, 6) is 0.878. The standard InChI is InChI=1S/C11H8O2/c12-11-7-3-1-2-4-9(7)13-10-6-5-8(10)11/h1-4H,5-6H2. The third-order valence-electron chi connectivity index (χ3n) is 2.58. The van der Waals surface area contributed by atoms with Crippen LogP contribution >= 0.6 is 0 Å². The van der Waals surface area contributed by atoms with Crippen LogP contribution in [0.2, 0.25) is 0 Å². The van der Waals surface area contributed by atoms with E-state index in [1.54, 1.807) is 0 Å². The van der Waals surface area contributed by atoms with Crippen molar-refractivity contribution in [2.45, 2.75) is 12.8 Å². The number of para-hydroxylation sites is 1. The van der Waals surface area contributed by atoms with Gasteiger partial charge in [-0.15, -0.1) is 0 Å². The van der Waals surface area contributed by atoms with Gasteiger partial charge in [-0.2, -0.15) is 0 Å². The van der Waals surface area contributed by atoms with Gasteiger partial charge in [0.15, 0.2) is 5.43 Å². The molecule has 0 unspecified atom stereocenters. The van der Waals surface area contributed by atoms with Crippen LogP contribution in [0.5, 0.6) is 0 Å². The third-order valence-corrected chi connectivity index (χ3v) is 2.58. The van der Waals surface area contributed by atoms with Gasteiger partial charge in [0.25, 0.3) is 0 Å². The predicted molar refractivity (Wildman–Crippen MR) is 49.9 cm³/mol. The van der Waals surface area contributed by atoms with Gasteiger partial charge in [-0.25, -0.2) is 0 Å². The molecule has 3 rings (SSSR count). The first kappa shape index (κ1) is 6.89. The van der Waals surface area contributed by atoms with E-state index in [4.69, 9.17) is 4.42 Å². The molecule has 0 radical (unpaired) electrons. The molecule has 1 aliphatic rings. The van der Waals surface area contributed by atoms with Crippen molar-refractivity contribution in [1.82, 2.24) is 0 Å². The molecule has 1 heterocycles. The Labute approximate surface area is 74.8 Å². The van der Waals surface area contributed by atoms with Gasteiger partial charge in [-0.1, -0.05) is 12.1 Å². The van der Waals surface area contributed by atoms with E-state index in [1.807, 2.05) is 24.3 Å². The highest BCUT2D eigenvalue weighted by Crippen LogP contribution is 2.23. The van der Waals surface area contributed by atoms with Gasteiger partial charge >= 0.3 is 0 Å². The smallest absolute Gasteiger partial charge is 0.196 e. The third kappa shape index (κ3) is 0.800. The van der Waals surface area contributed by atoms with Crippen molar-refractivity contribution in [1.29, 1.82) is 0 Å². The lowest BCUT2D eigenvalue weighted by atomic mass is 9.94. The number of hydrogen-bond donors (Lipinski definition) is 0. The van der Waals surface area contributed by atoms with E-state index in [9.17, 15) is 4.79 Å². The van der Waals surface area contributed by atoms with Crippen molar-refractivity contribution >= 4 is 11.0 Å². The SMILES string of the molecule is O=c1c2c(oc3ccccc13)CC2. The Morgan fingerprint density at radius 3 is 2.77 bits per heavy atom. The fourth-order valence-electron chi connectivity index (χ4n) is 1.74. The summed E-state index contributed by atoms with van der Waals surface area (Å²) in [5, 5.41) is 0.709. The van der Waals surface area contributed by atoms with Gasteiger partial charge in [0, 0.05) is 12.0 Å². The molecule has 1 aromatic carbocycles. The van der Waals surface area contributed by atoms with E-state index < -0.39 is 0 Å². The number of benzene rings is 1. The van der Waals surface area contributed by atoms with Gasteiger partial charge in [-0.05, 0) is 18.6 Å². The maximum atomic E-state index is 11.7. The average molecular weight is 172 g/mol. The first-order valence-electron chi connectivity index (χ1n) is 4.40. The molecule has 1 aromatic heterocycles. The summed E-state index contributed by atoms with van der Waals surface area (Å²) in [7, 11) is 0. The summed E-state index contributed by atoms with van der Waals surface area (Å²) in [6.45, 7) is 0. The molecule has 0 amide bonds. The molecule has 0 aliphatic heterocycles. The maximum Gasteiger partial charge on any atom is 0.196 e. The molecule has 0 fully saturated rings. The minimum atomic E-state index is 0.156. The average Bonchev–Trinajstić information content (AvgIpc) is 2.11. The molecule has 0 spiro atoms. The molecular weight excluding hydrogens is 164 g/mol. The van der Waals surface area contributed by atoms with Gasteiger partial charge in [0.1, 0.15) is 11.3 Å². The lowest BCUT2D eigenvalue weighted by Crippen LogP contribution is -2.21. The second-order valence-corrected chi connectivity index (χ2v) is 3.33. The van der Waals surface area contributed by atoms with E-state index in [0.717, 1.165) is 24.2 Å². The quantitative estimate of drug-likeness (QED) is 0.607. The Bertz CT molecular complexity index is 537. The van der Waals surface area contributed by atoms with Crippen LogP contribution in [-0.4, -0.2) is 0 Å². The van der Waals surface area contributed by atoms with E-state index in [-0.39, 0.29) is 5.43 Å². The van der Waals surface area contributed by atoms with Gasteiger partial charge in [-0.3, -0.25) is 4.79 Å². The first-order chi connectivity index (χ1) is 6.36. The number of hydrogen-bond acceptors (Lipinski definition) is 2. The monoisotopic (exact) mass is 172 g/mol. The predicted octanol–water partition coefficient (Wildman–Crippen LogP) is 1.89. The lowest BCUT2D eigenvalue weighted by Gasteiger charge is -2.15. The molecule has 0 saturated carbocycles. The Morgan fingerprint density at radius 1 is 1.15 bits per heavy atom. The largest absolute Gasteiger partial charge is 0.461 e. The fourth-order valence-corrected chi connectivity index (χ4v) is 1.74. The number of fused-ring (bicyclic) bond motifs is 2. The van der Waals surface area contributed by atoms with Gasteiger partial charge in [0.05, 0.1) is 5.39 Å². The minimum absolute atomic E-state index is 0.156. The topological polar surface area (TPSA) is 30.2 Å². The van der Waals surface area contributed by atoms with E-state index >= 15 is 0 Å². The van der Waals surface area contributed by atoms with Crippen molar-refractivity contribution in [3.63, 3.8) is 0 Å². The second kappa shape index (κ2) is 2.22. The summed E-state index contributed by atoms with van der Waals surface area (Å²) in [6.07, 6.45) is 1.79. The van der Waals surface area contributed by atoms with Crippen LogP contribution in [0.3, 0.4) is 0 Å². The van der Waals surface area contributed by atoms with Gasteiger partial charge < -0.3 is 4.42 Å². The molecule has 1 aliphatic carbocycles. The Hall–Kier alpha value is -1.57. The maximum absolute atomic E-state index is 11.7. The zero-order chi connectivity index (χ0) is 8.84. The molecule has 0 atom stereocenters. The molecule has 2 heteroatoms. The van der Waals surface area contributed by atoms with Crippen LogP contribution in [0.1, 0.15) is 11.3 Å². The van der Waals surface area contributed by atoms with Crippen LogP contribution < -0.4 is 5.43 Å².